The molecule has 1 amide bonds. The topological polar surface area (TPSA) is 75.7 Å². The number of ether oxygens (including phenoxy) is 1. The number of fused-ring (bicyclic) bond motifs is 1. The molecule has 0 bridgehead atoms. The standard InChI is InChI=1S/C10H18N2O4S/c1-10(2,3)16-9(13)11-17(14,15)12-5-7-4-8(7)6-12/h7-8H,4-6H2,1-3H3,(H,11,13). The molecule has 2 aliphatic rings. The van der Waals surface area contributed by atoms with E-state index >= 15 is 0 Å². The van der Waals surface area contributed by atoms with Gasteiger partial charge >= 0.3 is 16.3 Å². The van der Waals surface area contributed by atoms with Crippen molar-refractivity contribution >= 4 is 16.3 Å². The third-order valence-corrected chi connectivity index (χ3v) is 4.30. The molecule has 0 aromatic heterocycles. The van der Waals surface area contributed by atoms with E-state index in [4.69, 9.17) is 4.74 Å². The van der Waals surface area contributed by atoms with Crippen molar-refractivity contribution in [1.29, 1.82) is 0 Å². The molecule has 98 valence electrons. The average molecular weight is 262 g/mol. The number of hydrogen-bond donors (Lipinski definition) is 1. The maximum atomic E-state index is 11.8. The lowest BCUT2D eigenvalue weighted by Crippen LogP contribution is -2.45. The van der Waals surface area contributed by atoms with E-state index in [9.17, 15) is 13.2 Å². The molecule has 17 heavy (non-hydrogen) atoms. The molecule has 0 aromatic rings. The number of carbonyl (C=O) groups excluding carboxylic acids is 1. The zero-order valence-electron chi connectivity index (χ0n) is 10.3. The zero-order valence-corrected chi connectivity index (χ0v) is 11.1. The number of piperidine rings is 1. The summed E-state index contributed by atoms with van der Waals surface area (Å²) in [5.74, 6) is 0.982. The lowest BCUT2D eigenvalue weighted by Gasteiger charge is -2.22. The molecule has 1 N–H and O–H groups in total. The van der Waals surface area contributed by atoms with Crippen LogP contribution in [0.4, 0.5) is 4.79 Å². The van der Waals surface area contributed by atoms with Crippen molar-refractivity contribution in [3.8, 4) is 0 Å². The number of hydrogen-bond acceptors (Lipinski definition) is 4. The minimum atomic E-state index is -3.73. The van der Waals surface area contributed by atoms with Crippen LogP contribution in [0.15, 0.2) is 0 Å². The summed E-state index contributed by atoms with van der Waals surface area (Å²) >= 11 is 0. The normalized spacial score (nSPS) is 28.6. The van der Waals surface area contributed by atoms with Crippen LogP contribution in [0.1, 0.15) is 27.2 Å². The fourth-order valence-electron chi connectivity index (χ4n) is 2.02. The minimum absolute atomic E-state index is 0.491. The fourth-order valence-corrected chi connectivity index (χ4v) is 3.18. The molecule has 0 spiro atoms. The van der Waals surface area contributed by atoms with E-state index in [1.165, 1.54) is 4.31 Å². The Hall–Kier alpha value is -0.820. The van der Waals surface area contributed by atoms with Gasteiger partial charge in [-0.15, -0.1) is 0 Å². The summed E-state index contributed by atoms with van der Waals surface area (Å²) in [7, 11) is -3.73. The Balaban J connectivity index is 1.91. The maximum Gasteiger partial charge on any atom is 0.422 e. The molecule has 2 rings (SSSR count). The Bertz CT molecular complexity index is 416. The smallest absolute Gasteiger partial charge is 0.422 e. The number of amides is 1. The Morgan fingerprint density at radius 3 is 2.29 bits per heavy atom. The Morgan fingerprint density at radius 2 is 1.82 bits per heavy atom. The molecule has 7 heteroatoms. The van der Waals surface area contributed by atoms with Crippen LogP contribution in [-0.4, -0.2) is 37.5 Å². The summed E-state index contributed by atoms with van der Waals surface area (Å²) in [6.45, 7) is 6.09. The lowest BCUT2D eigenvalue weighted by molar-refractivity contribution is 0.0567. The van der Waals surface area contributed by atoms with Gasteiger partial charge in [0.1, 0.15) is 5.60 Å². The van der Waals surface area contributed by atoms with Crippen LogP contribution < -0.4 is 4.72 Å². The van der Waals surface area contributed by atoms with Gasteiger partial charge in [-0.2, -0.15) is 12.7 Å². The van der Waals surface area contributed by atoms with Gasteiger partial charge in [0.15, 0.2) is 0 Å². The van der Waals surface area contributed by atoms with Gasteiger partial charge in [-0.25, -0.2) is 9.52 Å². The monoisotopic (exact) mass is 262 g/mol. The molecule has 2 unspecified atom stereocenters. The molecule has 6 nitrogen and oxygen atoms in total. The largest absolute Gasteiger partial charge is 0.443 e. The quantitative estimate of drug-likeness (QED) is 0.795. The van der Waals surface area contributed by atoms with Crippen LogP contribution in [0, 0.1) is 11.8 Å². The number of nitrogens with one attached hydrogen (secondary N) is 1. The summed E-state index contributed by atoms with van der Waals surface area (Å²) in [4.78, 5) is 11.4. The van der Waals surface area contributed by atoms with Crippen LogP contribution in [0.3, 0.4) is 0 Å². The van der Waals surface area contributed by atoms with Crippen molar-refractivity contribution in [2.75, 3.05) is 13.1 Å². The maximum absolute atomic E-state index is 11.8. The first kappa shape index (κ1) is 12.6. The summed E-state index contributed by atoms with van der Waals surface area (Å²) < 4.78 is 31.8. The highest BCUT2D eigenvalue weighted by atomic mass is 32.2. The van der Waals surface area contributed by atoms with E-state index < -0.39 is 21.9 Å². The average Bonchev–Trinajstić information content (AvgIpc) is 2.68. The van der Waals surface area contributed by atoms with Crippen LogP contribution in [0.2, 0.25) is 0 Å². The molecule has 1 saturated carbocycles. The number of carbonyl (C=O) groups is 1. The first-order valence-corrected chi connectivity index (χ1v) is 7.12. The molecule has 2 fully saturated rings. The van der Waals surface area contributed by atoms with Crippen molar-refractivity contribution in [3.63, 3.8) is 0 Å². The van der Waals surface area contributed by atoms with Crippen LogP contribution in [0.25, 0.3) is 0 Å². The second-order valence-electron chi connectivity index (χ2n) is 5.68. The Morgan fingerprint density at radius 1 is 1.29 bits per heavy atom. The van der Waals surface area contributed by atoms with Gasteiger partial charge in [0.25, 0.3) is 0 Å². The molecule has 1 saturated heterocycles. The molecule has 2 atom stereocenters. The van der Waals surface area contributed by atoms with Gasteiger partial charge < -0.3 is 4.74 Å². The van der Waals surface area contributed by atoms with Gasteiger partial charge in [-0.1, -0.05) is 0 Å². The fraction of sp³-hybridized carbons (Fsp3) is 0.900. The third kappa shape index (κ3) is 3.10. The van der Waals surface area contributed by atoms with Crippen molar-refractivity contribution in [3.05, 3.63) is 0 Å². The summed E-state index contributed by atoms with van der Waals surface area (Å²) in [6, 6.07) is 0. The van der Waals surface area contributed by atoms with E-state index in [1.807, 2.05) is 4.72 Å². The summed E-state index contributed by atoms with van der Waals surface area (Å²) in [6.07, 6.45) is 0.191. The molecular weight excluding hydrogens is 244 g/mol. The van der Waals surface area contributed by atoms with Crippen LogP contribution in [0.5, 0.6) is 0 Å². The number of rotatable bonds is 2. The predicted octanol–water partition coefficient (Wildman–Crippen LogP) is 0.708. The minimum Gasteiger partial charge on any atom is -0.443 e. The van der Waals surface area contributed by atoms with Gasteiger partial charge in [0, 0.05) is 13.1 Å². The SMILES string of the molecule is CC(C)(C)OC(=O)NS(=O)(=O)N1CC2CC2C1. The van der Waals surface area contributed by atoms with E-state index in [-0.39, 0.29) is 0 Å². The van der Waals surface area contributed by atoms with Gasteiger partial charge in [-0.05, 0) is 39.0 Å². The molecule has 0 aromatic carbocycles. The van der Waals surface area contributed by atoms with Crippen LogP contribution >= 0.6 is 0 Å². The number of nitrogens with zero attached hydrogens (tertiary/aromatic N) is 1. The van der Waals surface area contributed by atoms with E-state index in [2.05, 4.69) is 0 Å². The highest BCUT2D eigenvalue weighted by molar-refractivity contribution is 7.87. The first-order chi connectivity index (χ1) is 7.67. The van der Waals surface area contributed by atoms with E-state index in [1.54, 1.807) is 20.8 Å². The molecule has 1 heterocycles. The second-order valence-corrected chi connectivity index (χ2v) is 7.35. The molecule has 0 radical (unpaired) electrons. The van der Waals surface area contributed by atoms with Gasteiger partial charge in [0.2, 0.25) is 0 Å². The van der Waals surface area contributed by atoms with E-state index in [0.29, 0.717) is 24.9 Å². The first-order valence-electron chi connectivity index (χ1n) is 5.68. The van der Waals surface area contributed by atoms with Crippen molar-refractivity contribution in [1.82, 2.24) is 9.03 Å². The summed E-state index contributed by atoms with van der Waals surface area (Å²) in [5.41, 5.74) is -0.702. The van der Waals surface area contributed by atoms with Gasteiger partial charge in [-0.3, -0.25) is 0 Å². The van der Waals surface area contributed by atoms with Crippen molar-refractivity contribution in [2.45, 2.75) is 32.8 Å². The van der Waals surface area contributed by atoms with Crippen LogP contribution in [-0.2, 0) is 14.9 Å². The highest BCUT2D eigenvalue weighted by Gasteiger charge is 2.49. The Kier molecular flexibility index (Phi) is 2.86. The van der Waals surface area contributed by atoms with E-state index in [0.717, 1.165) is 6.42 Å². The Labute approximate surface area is 101 Å². The predicted molar refractivity (Wildman–Crippen MR) is 61.5 cm³/mol. The second kappa shape index (κ2) is 3.84. The summed E-state index contributed by atoms with van der Waals surface area (Å²) in [5, 5.41) is 0. The van der Waals surface area contributed by atoms with Crippen molar-refractivity contribution in [2.24, 2.45) is 11.8 Å². The molecule has 1 aliphatic carbocycles. The third-order valence-electron chi connectivity index (χ3n) is 2.90. The van der Waals surface area contributed by atoms with Gasteiger partial charge in [0.05, 0.1) is 0 Å². The lowest BCUT2D eigenvalue weighted by atomic mass is 10.2. The van der Waals surface area contributed by atoms with Crippen molar-refractivity contribution < 1.29 is 17.9 Å². The molecule has 1 aliphatic heterocycles. The molecular formula is C10H18N2O4S. The zero-order chi connectivity index (χ0) is 12.8. The highest BCUT2D eigenvalue weighted by Crippen LogP contribution is 2.45.